The lowest BCUT2D eigenvalue weighted by Crippen LogP contribution is -2.39. The Kier molecular flexibility index (Phi) is 10.2. The second-order valence-corrected chi connectivity index (χ2v) is 5.67. The number of hydrogen-bond acceptors (Lipinski definition) is 4. The number of amides is 1. The lowest BCUT2D eigenvalue weighted by molar-refractivity contribution is -0.127. The predicted octanol–water partition coefficient (Wildman–Crippen LogP) is 1.78. The number of carbonyl (C=O) groups excluding carboxylic acids is 1. The molecule has 2 rings (SSSR count). The summed E-state index contributed by atoms with van der Waals surface area (Å²) in [6, 6.07) is 3.79. The van der Waals surface area contributed by atoms with E-state index in [1.807, 2.05) is 24.0 Å². The number of methoxy groups -OCH3 is 1. The van der Waals surface area contributed by atoms with Crippen LogP contribution in [0, 0.1) is 0 Å². The first-order chi connectivity index (χ1) is 11.7. The number of pyridine rings is 1. The van der Waals surface area contributed by atoms with Crippen LogP contribution >= 0.6 is 24.0 Å². The molecular formula is C17H28IN5O2. The molecule has 0 radical (unpaired) electrons. The molecule has 8 heteroatoms. The number of ether oxygens (including phenoxy) is 1. The van der Waals surface area contributed by atoms with Crippen molar-refractivity contribution in [2.45, 2.75) is 32.7 Å². The number of nitrogens with one attached hydrogen (secondary N) is 2. The van der Waals surface area contributed by atoms with Gasteiger partial charge in [-0.2, -0.15) is 0 Å². The molecule has 140 valence electrons. The predicted molar refractivity (Wildman–Crippen MR) is 109 cm³/mol. The quantitative estimate of drug-likeness (QED) is 0.267. The number of aromatic nitrogens is 1. The number of likely N-dealkylation sites (tertiary alicyclic amines) is 1. The second kappa shape index (κ2) is 11.9. The summed E-state index contributed by atoms with van der Waals surface area (Å²) in [5.74, 6) is 1.66. The van der Waals surface area contributed by atoms with Gasteiger partial charge in [-0.15, -0.1) is 24.0 Å². The summed E-state index contributed by atoms with van der Waals surface area (Å²) < 4.78 is 5.05. The highest BCUT2D eigenvalue weighted by Gasteiger charge is 2.18. The molecule has 1 aromatic rings. The van der Waals surface area contributed by atoms with Gasteiger partial charge in [0, 0.05) is 44.9 Å². The molecule has 2 heterocycles. The third kappa shape index (κ3) is 7.45. The molecule has 0 spiro atoms. The highest BCUT2D eigenvalue weighted by molar-refractivity contribution is 14.0. The SMILES string of the molecule is CCNC(=NCc1ccc(OC)nc1)NCCCN1CCCC1=O.I. The zero-order valence-electron chi connectivity index (χ0n) is 15.0. The Morgan fingerprint density at radius 2 is 2.24 bits per heavy atom. The minimum Gasteiger partial charge on any atom is -0.481 e. The zero-order valence-corrected chi connectivity index (χ0v) is 17.3. The first kappa shape index (κ1) is 21.5. The van der Waals surface area contributed by atoms with Gasteiger partial charge >= 0.3 is 0 Å². The van der Waals surface area contributed by atoms with Crippen LogP contribution in [0.5, 0.6) is 5.88 Å². The summed E-state index contributed by atoms with van der Waals surface area (Å²) in [6.07, 6.45) is 4.38. The van der Waals surface area contributed by atoms with Crippen molar-refractivity contribution in [2.75, 3.05) is 33.3 Å². The molecule has 25 heavy (non-hydrogen) atoms. The third-order valence-corrected chi connectivity index (χ3v) is 3.84. The Bertz CT molecular complexity index is 550. The van der Waals surface area contributed by atoms with E-state index >= 15 is 0 Å². The first-order valence-corrected chi connectivity index (χ1v) is 8.51. The van der Waals surface area contributed by atoms with Crippen LogP contribution in [0.2, 0.25) is 0 Å². The molecule has 0 atom stereocenters. The molecule has 0 bridgehead atoms. The molecule has 2 N–H and O–H groups in total. The highest BCUT2D eigenvalue weighted by atomic mass is 127. The van der Waals surface area contributed by atoms with Crippen LogP contribution in [0.15, 0.2) is 23.3 Å². The van der Waals surface area contributed by atoms with E-state index in [9.17, 15) is 4.79 Å². The minimum atomic E-state index is 0. The van der Waals surface area contributed by atoms with E-state index in [2.05, 4.69) is 20.6 Å². The minimum absolute atomic E-state index is 0. The van der Waals surface area contributed by atoms with Crippen molar-refractivity contribution in [1.82, 2.24) is 20.5 Å². The summed E-state index contributed by atoms with van der Waals surface area (Å²) in [6.45, 7) is 5.89. The van der Waals surface area contributed by atoms with Gasteiger partial charge in [-0.05, 0) is 25.3 Å². The molecule has 1 saturated heterocycles. The number of halogens is 1. The third-order valence-electron chi connectivity index (χ3n) is 3.84. The Labute approximate surface area is 166 Å². The van der Waals surface area contributed by atoms with Crippen LogP contribution in [0.4, 0.5) is 0 Å². The van der Waals surface area contributed by atoms with E-state index < -0.39 is 0 Å². The van der Waals surface area contributed by atoms with E-state index in [1.165, 1.54) is 0 Å². The molecule has 1 aromatic heterocycles. The van der Waals surface area contributed by atoms with Gasteiger partial charge in [-0.1, -0.05) is 6.07 Å². The van der Waals surface area contributed by atoms with Gasteiger partial charge in [-0.3, -0.25) is 4.79 Å². The Morgan fingerprint density at radius 1 is 1.40 bits per heavy atom. The average molecular weight is 461 g/mol. The van der Waals surface area contributed by atoms with Gasteiger partial charge in [0.2, 0.25) is 11.8 Å². The van der Waals surface area contributed by atoms with Crippen molar-refractivity contribution < 1.29 is 9.53 Å². The summed E-state index contributed by atoms with van der Waals surface area (Å²) in [7, 11) is 1.60. The highest BCUT2D eigenvalue weighted by Crippen LogP contribution is 2.09. The fourth-order valence-electron chi connectivity index (χ4n) is 2.55. The molecule has 0 saturated carbocycles. The molecule has 0 aromatic carbocycles. The molecule has 1 amide bonds. The lowest BCUT2D eigenvalue weighted by atomic mass is 10.3. The molecule has 1 aliphatic heterocycles. The number of hydrogen-bond donors (Lipinski definition) is 2. The van der Waals surface area contributed by atoms with Gasteiger partial charge < -0.3 is 20.3 Å². The molecule has 1 fully saturated rings. The van der Waals surface area contributed by atoms with Crippen LogP contribution in [-0.4, -0.2) is 55.0 Å². The van der Waals surface area contributed by atoms with Gasteiger partial charge in [0.25, 0.3) is 0 Å². The maximum absolute atomic E-state index is 11.6. The Balaban J connectivity index is 0.00000312. The topological polar surface area (TPSA) is 78.9 Å². The number of carbonyl (C=O) groups is 1. The Hall–Kier alpha value is -1.58. The number of aliphatic imine (C=N–C) groups is 1. The van der Waals surface area contributed by atoms with Gasteiger partial charge in [-0.25, -0.2) is 9.98 Å². The monoisotopic (exact) mass is 461 g/mol. The van der Waals surface area contributed by atoms with Crippen molar-refractivity contribution in [3.63, 3.8) is 0 Å². The van der Waals surface area contributed by atoms with Gasteiger partial charge in [0.15, 0.2) is 5.96 Å². The fraction of sp³-hybridized carbons (Fsp3) is 0.588. The summed E-state index contributed by atoms with van der Waals surface area (Å²) in [5, 5.41) is 6.53. The molecular weight excluding hydrogens is 433 g/mol. The largest absolute Gasteiger partial charge is 0.481 e. The standard InChI is InChI=1S/C17H27N5O2.HI/c1-3-18-17(19-9-5-11-22-10-4-6-16(22)23)21-13-14-7-8-15(24-2)20-12-14;/h7-8,12H,3-6,9-11,13H2,1-2H3,(H2,18,19,21);1H. The van der Waals surface area contributed by atoms with E-state index in [0.717, 1.165) is 50.5 Å². The maximum Gasteiger partial charge on any atom is 0.222 e. The van der Waals surface area contributed by atoms with E-state index in [0.29, 0.717) is 18.8 Å². The summed E-state index contributed by atoms with van der Waals surface area (Å²) in [5.41, 5.74) is 1.02. The smallest absolute Gasteiger partial charge is 0.222 e. The zero-order chi connectivity index (χ0) is 17.2. The first-order valence-electron chi connectivity index (χ1n) is 8.51. The maximum atomic E-state index is 11.6. The fourth-order valence-corrected chi connectivity index (χ4v) is 2.55. The number of rotatable bonds is 8. The van der Waals surface area contributed by atoms with E-state index in [4.69, 9.17) is 4.74 Å². The summed E-state index contributed by atoms with van der Waals surface area (Å²) in [4.78, 5) is 22.2. The van der Waals surface area contributed by atoms with Crippen molar-refractivity contribution in [3.05, 3.63) is 23.9 Å². The van der Waals surface area contributed by atoms with Crippen LogP contribution in [0.1, 0.15) is 31.7 Å². The van der Waals surface area contributed by atoms with E-state index in [1.54, 1.807) is 13.3 Å². The van der Waals surface area contributed by atoms with Crippen molar-refractivity contribution in [2.24, 2.45) is 4.99 Å². The van der Waals surface area contributed by atoms with Gasteiger partial charge in [0.05, 0.1) is 13.7 Å². The van der Waals surface area contributed by atoms with Crippen LogP contribution in [0.3, 0.4) is 0 Å². The second-order valence-electron chi connectivity index (χ2n) is 5.67. The van der Waals surface area contributed by atoms with Crippen LogP contribution in [-0.2, 0) is 11.3 Å². The van der Waals surface area contributed by atoms with Crippen molar-refractivity contribution >= 4 is 35.8 Å². The molecule has 7 nitrogen and oxygen atoms in total. The van der Waals surface area contributed by atoms with Gasteiger partial charge in [0.1, 0.15) is 0 Å². The lowest BCUT2D eigenvalue weighted by Gasteiger charge is -2.16. The number of nitrogens with zero attached hydrogens (tertiary/aromatic N) is 3. The number of guanidine groups is 1. The molecule has 0 aliphatic carbocycles. The normalized spacial score (nSPS) is 14.2. The van der Waals surface area contributed by atoms with Crippen LogP contribution in [0.25, 0.3) is 0 Å². The van der Waals surface area contributed by atoms with Crippen molar-refractivity contribution in [1.29, 1.82) is 0 Å². The summed E-state index contributed by atoms with van der Waals surface area (Å²) >= 11 is 0. The molecule has 1 aliphatic rings. The molecule has 0 unspecified atom stereocenters. The van der Waals surface area contributed by atoms with E-state index in [-0.39, 0.29) is 29.9 Å². The van der Waals surface area contributed by atoms with Crippen molar-refractivity contribution in [3.8, 4) is 5.88 Å². The van der Waals surface area contributed by atoms with Crippen LogP contribution < -0.4 is 15.4 Å². The Morgan fingerprint density at radius 3 is 2.84 bits per heavy atom. The average Bonchev–Trinajstić information content (AvgIpc) is 3.02.